The molecule has 2 atom stereocenters. The largest absolute Gasteiger partial charge is 0.368 e. The first-order valence-electron chi connectivity index (χ1n) is 14.6. The molecule has 1 saturated heterocycles. The summed E-state index contributed by atoms with van der Waals surface area (Å²) in [6, 6.07) is 16.0. The minimum absolute atomic E-state index is 0.0936. The lowest BCUT2D eigenvalue weighted by atomic mass is 9.71. The Morgan fingerprint density at radius 1 is 1.00 bits per heavy atom. The van der Waals surface area contributed by atoms with E-state index in [1.54, 1.807) is 0 Å². The van der Waals surface area contributed by atoms with Crippen molar-refractivity contribution in [1.82, 2.24) is 4.90 Å². The number of carbonyl (C=O) groups is 2. The number of carbonyl (C=O) groups excluding carboxylic acids is 2. The van der Waals surface area contributed by atoms with Crippen molar-refractivity contribution in [1.29, 1.82) is 0 Å². The Kier molecular flexibility index (Phi) is 7.39. The third-order valence-corrected chi connectivity index (χ3v) is 9.19. The minimum atomic E-state index is -0.126. The number of fused-ring (bicyclic) bond motifs is 1. The molecule has 2 aliphatic carbocycles. The van der Waals surface area contributed by atoms with Gasteiger partial charge in [-0.1, -0.05) is 49.7 Å². The average Bonchev–Trinajstić information content (AvgIpc) is 3.08. The first kappa shape index (κ1) is 26.9. The SMILES string of the molecule is CC1(C)CC(=O)C2=C(C1)Nc1ccccc1N(CC(=O)N1CCN(c3ccc(Cl)cc3)CC1)C2C1CC=CCC1. The van der Waals surface area contributed by atoms with Crippen molar-refractivity contribution in [3.63, 3.8) is 0 Å². The van der Waals surface area contributed by atoms with Crippen LogP contribution in [0, 0.1) is 11.3 Å². The van der Waals surface area contributed by atoms with E-state index in [1.807, 2.05) is 41.3 Å². The Hall–Kier alpha value is -3.25. The van der Waals surface area contributed by atoms with Gasteiger partial charge in [0.1, 0.15) is 0 Å². The Morgan fingerprint density at radius 3 is 2.48 bits per heavy atom. The van der Waals surface area contributed by atoms with E-state index in [0.717, 1.165) is 72.1 Å². The van der Waals surface area contributed by atoms with Crippen molar-refractivity contribution >= 4 is 40.4 Å². The molecule has 0 radical (unpaired) electrons. The number of para-hydroxylation sites is 2. The highest BCUT2D eigenvalue weighted by Gasteiger charge is 2.44. The van der Waals surface area contributed by atoms with E-state index in [4.69, 9.17) is 11.6 Å². The number of halogens is 1. The van der Waals surface area contributed by atoms with Gasteiger partial charge in [0.2, 0.25) is 5.91 Å². The lowest BCUT2D eigenvalue weighted by Crippen LogP contribution is -2.54. The van der Waals surface area contributed by atoms with E-state index < -0.39 is 0 Å². The Morgan fingerprint density at radius 2 is 1.75 bits per heavy atom. The summed E-state index contributed by atoms with van der Waals surface area (Å²) in [5.41, 5.74) is 4.97. The summed E-state index contributed by atoms with van der Waals surface area (Å²) in [6.07, 6.45) is 8.81. The molecule has 2 aliphatic heterocycles. The van der Waals surface area contributed by atoms with Crippen LogP contribution in [-0.4, -0.2) is 55.4 Å². The summed E-state index contributed by atoms with van der Waals surface area (Å²) in [6.45, 7) is 7.53. The molecule has 40 heavy (non-hydrogen) atoms. The maximum absolute atomic E-state index is 14.0. The number of hydrogen-bond donors (Lipinski definition) is 1. The van der Waals surface area contributed by atoms with Crippen LogP contribution < -0.4 is 15.1 Å². The molecule has 6 rings (SSSR count). The number of ketones is 1. The fourth-order valence-corrected chi connectivity index (χ4v) is 7.10. The number of anilines is 3. The van der Waals surface area contributed by atoms with Gasteiger partial charge < -0.3 is 20.0 Å². The molecule has 0 spiro atoms. The highest BCUT2D eigenvalue weighted by Crippen LogP contribution is 2.46. The van der Waals surface area contributed by atoms with E-state index in [1.165, 1.54) is 0 Å². The van der Waals surface area contributed by atoms with Gasteiger partial charge in [-0.05, 0) is 73.4 Å². The number of benzene rings is 2. The van der Waals surface area contributed by atoms with Gasteiger partial charge in [-0.3, -0.25) is 9.59 Å². The molecular weight excluding hydrogens is 520 g/mol. The van der Waals surface area contributed by atoms with Gasteiger partial charge in [-0.15, -0.1) is 0 Å². The topological polar surface area (TPSA) is 55.9 Å². The molecule has 1 fully saturated rings. The maximum Gasteiger partial charge on any atom is 0.242 e. The van der Waals surface area contributed by atoms with Crippen molar-refractivity contribution in [2.75, 3.05) is 47.8 Å². The normalized spacial score (nSPS) is 24.3. The van der Waals surface area contributed by atoms with Crippen molar-refractivity contribution < 1.29 is 9.59 Å². The molecule has 2 unspecified atom stereocenters. The van der Waals surface area contributed by atoms with Gasteiger partial charge in [0, 0.05) is 54.6 Å². The minimum Gasteiger partial charge on any atom is -0.368 e. The monoisotopic (exact) mass is 558 g/mol. The van der Waals surface area contributed by atoms with Crippen LogP contribution in [0.2, 0.25) is 5.02 Å². The van der Waals surface area contributed by atoms with Crippen LogP contribution in [0.25, 0.3) is 0 Å². The summed E-state index contributed by atoms with van der Waals surface area (Å²) in [7, 11) is 0. The molecule has 7 heteroatoms. The highest BCUT2D eigenvalue weighted by atomic mass is 35.5. The number of rotatable bonds is 4. The molecule has 210 valence electrons. The standard InChI is InChI=1S/C33H39ClN4O2/c1-33(2)20-27-31(29(39)21-33)32(23-8-4-3-5-9-23)38(28-11-7-6-10-26(28)35-27)22-30(40)37-18-16-36(17-19-37)25-14-12-24(34)13-15-25/h3-4,6-7,10-15,23,32,35H,5,8-9,16-22H2,1-2H3. The fraction of sp³-hybridized carbons (Fsp3) is 0.455. The third kappa shape index (κ3) is 5.38. The van der Waals surface area contributed by atoms with E-state index in [-0.39, 0.29) is 35.6 Å². The van der Waals surface area contributed by atoms with Gasteiger partial charge in [0.05, 0.1) is 24.0 Å². The average molecular weight is 559 g/mol. The Labute approximate surface area is 242 Å². The molecule has 0 saturated carbocycles. The number of Topliss-reactive ketones (excluding diaryl/α,β-unsaturated/α-hetero) is 1. The number of nitrogens with zero attached hydrogens (tertiary/aromatic N) is 3. The van der Waals surface area contributed by atoms with Crippen LogP contribution in [0.5, 0.6) is 0 Å². The number of allylic oxidation sites excluding steroid dienone is 3. The second kappa shape index (κ2) is 11.0. The highest BCUT2D eigenvalue weighted by molar-refractivity contribution is 6.30. The van der Waals surface area contributed by atoms with Crippen LogP contribution >= 0.6 is 11.6 Å². The first-order chi connectivity index (χ1) is 19.3. The smallest absolute Gasteiger partial charge is 0.242 e. The molecule has 0 aromatic heterocycles. The molecule has 2 aromatic rings. The lowest BCUT2D eigenvalue weighted by Gasteiger charge is -2.43. The number of piperazine rings is 1. The van der Waals surface area contributed by atoms with Crippen LogP contribution in [0.3, 0.4) is 0 Å². The number of amides is 1. The molecule has 1 amide bonds. The Bertz CT molecular complexity index is 1340. The Balaban J connectivity index is 1.30. The number of nitrogens with one attached hydrogen (secondary N) is 1. The summed E-state index contributed by atoms with van der Waals surface area (Å²) in [5, 5.41) is 4.41. The second-order valence-corrected chi connectivity index (χ2v) is 12.9. The molecule has 1 N–H and O–H groups in total. The van der Waals surface area contributed by atoms with E-state index in [2.05, 4.69) is 53.2 Å². The van der Waals surface area contributed by atoms with E-state index in [9.17, 15) is 9.59 Å². The van der Waals surface area contributed by atoms with Gasteiger partial charge in [-0.2, -0.15) is 0 Å². The molecule has 4 aliphatic rings. The van der Waals surface area contributed by atoms with Crippen molar-refractivity contribution in [2.45, 2.75) is 52.0 Å². The van der Waals surface area contributed by atoms with Crippen LogP contribution in [0.1, 0.15) is 46.0 Å². The van der Waals surface area contributed by atoms with Gasteiger partial charge in [0.15, 0.2) is 5.78 Å². The summed E-state index contributed by atoms with van der Waals surface area (Å²) >= 11 is 6.08. The lowest BCUT2D eigenvalue weighted by molar-refractivity contribution is -0.130. The summed E-state index contributed by atoms with van der Waals surface area (Å²) in [5.74, 6) is 0.623. The van der Waals surface area contributed by atoms with Crippen LogP contribution in [0.4, 0.5) is 17.1 Å². The number of hydrogen-bond acceptors (Lipinski definition) is 5. The van der Waals surface area contributed by atoms with Crippen LogP contribution in [0.15, 0.2) is 72.0 Å². The van der Waals surface area contributed by atoms with E-state index >= 15 is 0 Å². The zero-order valence-electron chi connectivity index (χ0n) is 23.5. The van der Waals surface area contributed by atoms with Gasteiger partial charge in [-0.25, -0.2) is 0 Å². The second-order valence-electron chi connectivity index (χ2n) is 12.4. The van der Waals surface area contributed by atoms with Crippen molar-refractivity contribution in [3.8, 4) is 0 Å². The molecule has 0 bridgehead atoms. The maximum atomic E-state index is 14.0. The quantitative estimate of drug-likeness (QED) is 0.447. The third-order valence-electron chi connectivity index (χ3n) is 8.94. The predicted octanol–water partition coefficient (Wildman–Crippen LogP) is 6.29. The summed E-state index contributed by atoms with van der Waals surface area (Å²) in [4.78, 5) is 34.4. The molecule has 2 heterocycles. The van der Waals surface area contributed by atoms with E-state index in [0.29, 0.717) is 19.5 Å². The first-order valence-corrected chi connectivity index (χ1v) is 15.0. The zero-order chi connectivity index (χ0) is 27.9. The van der Waals surface area contributed by atoms with Crippen molar-refractivity contribution in [3.05, 3.63) is 77.0 Å². The zero-order valence-corrected chi connectivity index (χ0v) is 24.3. The summed E-state index contributed by atoms with van der Waals surface area (Å²) < 4.78 is 0. The van der Waals surface area contributed by atoms with Crippen LogP contribution in [-0.2, 0) is 9.59 Å². The van der Waals surface area contributed by atoms with Gasteiger partial charge in [0.25, 0.3) is 0 Å². The molecule has 6 nitrogen and oxygen atoms in total. The molecular formula is C33H39ClN4O2. The predicted molar refractivity (Wildman–Crippen MR) is 163 cm³/mol. The van der Waals surface area contributed by atoms with Crippen molar-refractivity contribution in [2.24, 2.45) is 11.3 Å². The molecule has 2 aromatic carbocycles. The fourth-order valence-electron chi connectivity index (χ4n) is 6.98. The van der Waals surface area contributed by atoms with Gasteiger partial charge >= 0.3 is 0 Å².